The minimum Gasteiger partial charge on any atom is -0.383 e. The normalized spacial score (nSPS) is 18.9. The predicted molar refractivity (Wildman–Crippen MR) is 138 cm³/mol. The third kappa shape index (κ3) is 4.60. The molecule has 5 rings (SSSR count). The van der Waals surface area contributed by atoms with Crippen molar-refractivity contribution in [2.24, 2.45) is 0 Å². The summed E-state index contributed by atoms with van der Waals surface area (Å²) in [7, 11) is 1.58. The van der Waals surface area contributed by atoms with Gasteiger partial charge in [0.25, 0.3) is 5.91 Å². The largest absolute Gasteiger partial charge is 0.383 e. The number of thiophene rings is 1. The summed E-state index contributed by atoms with van der Waals surface area (Å²) < 4.78 is 7.08. The lowest BCUT2D eigenvalue weighted by Crippen LogP contribution is -2.62. The number of hydrogen-bond acceptors (Lipinski definition) is 8. The molecule has 2 aromatic heterocycles. The Kier molecular flexibility index (Phi) is 6.66. The van der Waals surface area contributed by atoms with Crippen LogP contribution < -0.4 is 5.73 Å². The van der Waals surface area contributed by atoms with E-state index in [1.165, 1.54) is 17.7 Å². The van der Waals surface area contributed by atoms with Crippen molar-refractivity contribution >= 4 is 61.9 Å². The Morgan fingerprint density at radius 2 is 2.09 bits per heavy atom. The molecule has 0 aliphatic carbocycles. The molecule has 180 valence electrons. The van der Waals surface area contributed by atoms with E-state index in [1.54, 1.807) is 12.0 Å². The van der Waals surface area contributed by atoms with Crippen LogP contribution in [0, 0.1) is 0 Å². The fourth-order valence-corrected chi connectivity index (χ4v) is 5.90. The number of nitrogens with two attached hydrogens (primary N) is 1. The van der Waals surface area contributed by atoms with E-state index < -0.39 is 12.1 Å². The number of methoxy groups -OCH3 is 1. The Morgan fingerprint density at radius 3 is 2.89 bits per heavy atom. The van der Waals surface area contributed by atoms with Gasteiger partial charge in [-0.15, -0.1) is 11.3 Å². The van der Waals surface area contributed by atoms with Crippen LogP contribution in [0.3, 0.4) is 0 Å². The molecule has 35 heavy (non-hydrogen) atoms. The number of nitrogen functional groups attached to an aromatic ring is 1. The summed E-state index contributed by atoms with van der Waals surface area (Å²) in [5.41, 5.74) is 8.27. The Bertz CT molecular complexity index is 1410. The quantitative estimate of drug-likeness (QED) is 0.396. The van der Waals surface area contributed by atoms with Crippen LogP contribution in [-0.4, -0.2) is 70.9 Å². The lowest BCUT2D eigenvalue weighted by molar-refractivity contribution is -0.118. The summed E-state index contributed by atoms with van der Waals surface area (Å²) in [5.74, 6) is 0.311. The molecule has 1 fully saturated rings. The Balaban J connectivity index is 1.39. The Labute approximate surface area is 211 Å². The number of amides is 1. The van der Waals surface area contributed by atoms with Crippen molar-refractivity contribution in [2.45, 2.75) is 18.6 Å². The van der Waals surface area contributed by atoms with Crippen LogP contribution in [0.5, 0.6) is 0 Å². The third-order valence-corrected chi connectivity index (χ3v) is 7.66. The number of carbonyl (C=O) groups is 2. The number of ether oxygens (including phenoxy) is 1. The molecule has 1 saturated heterocycles. The van der Waals surface area contributed by atoms with Crippen molar-refractivity contribution in [3.63, 3.8) is 0 Å². The molecule has 0 spiro atoms. The fraction of sp³-hybridized carbons (Fsp3) is 0.280. The van der Waals surface area contributed by atoms with Gasteiger partial charge in [-0.2, -0.15) is 0 Å². The van der Waals surface area contributed by atoms with Gasteiger partial charge in [0.15, 0.2) is 0 Å². The number of anilines is 1. The van der Waals surface area contributed by atoms with Crippen LogP contribution in [0.15, 0.2) is 48.8 Å². The van der Waals surface area contributed by atoms with Crippen LogP contribution in [0.2, 0.25) is 4.34 Å². The standard InChI is InChI=1S/C25H24ClN5O3S/c1-34-13-21-20(12-32)30(11-15-2-5-18-19(8-15)28-14-29-24(18)27)6-7-31(21)25(33)17-4-3-16-10-23(26)35-22(16)9-17/h2-5,8-10,12,14,20-21H,6-7,11,13H2,1H3,(H2,27,28,29)/t20?,21-/m1/s1. The average molecular weight is 510 g/mol. The first-order valence-corrected chi connectivity index (χ1v) is 12.4. The van der Waals surface area contributed by atoms with Crippen LogP contribution in [-0.2, 0) is 16.1 Å². The second kappa shape index (κ2) is 9.87. The number of rotatable bonds is 6. The van der Waals surface area contributed by atoms with E-state index in [-0.39, 0.29) is 12.5 Å². The van der Waals surface area contributed by atoms with Gasteiger partial charge in [-0.25, -0.2) is 9.97 Å². The molecule has 0 saturated carbocycles. The van der Waals surface area contributed by atoms with Crippen molar-refractivity contribution in [1.82, 2.24) is 19.8 Å². The molecule has 1 aliphatic rings. The molecular weight excluding hydrogens is 486 g/mol. The number of aldehydes is 1. The summed E-state index contributed by atoms with van der Waals surface area (Å²) in [4.78, 5) is 38.0. The fourth-order valence-electron chi connectivity index (χ4n) is 4.71. The number of piperazine rings is 1. The molecule has 4 aromatic rings. The van der Waals surface area contributed by atoms with Gasteiger partial charge in [-0.1, -0.05) is 23.7 Å². The molecule has 8 nitrogen and oxygen atoms in total. The van der Waals surface area contributed by atoms with Crippen LogP contribution >= 0.6 is 22.9 Å². The molecule has 0 radical (unpaired) electrons. The summed E-state index contributed by atoms with van der Waals surface area (Å²) in [5, 5.41) is 1.79. The van der Waals surface area contributed by atoms with E-state index >= 15 is 0 Å². The second-order valence-electron chi connectivity index (χ2n) is 8.53. The van der Waals surface area contributed by atoms with Crippen molar-refractivity contribution < 1.29 is 14.3 Å². The Hall–Kier alpha value is -3.11. The van der Waals surface area contributed by atoms with Crippen LogP contribution in [0.25, 0.3) is 21.0 Å². The Morgan fingerprint density at radius 1 is 1.23 bits per heavy atom. The van der Waals surface area contributed by atoms with Gasteiger partial charge in [0.05, 0.1) is 28.5 Å². The van der Waals surface area contributed by atoms with E-state index in [4.69, 9.17) is 22.1 Å². The molecule has 0 bridgehead atoms. The highest BCUT2D eigenvalue weighted by molar-refractivity contribution is 7.22. The van der Waals surface area contributed by atoms with Crippen molar-refractivity contribution in [1.29, 1.82) is 0 Å². The number of nitrogens with zero attached hydrogens (tertiary/aromatic N) is 4. The zero-order valence-electron chi connectivity index (χ0n) is 19.1. The number of aromatic nitrogens is 2. The zero-order chi connectivity index (χ0) is 24.5. The predicted octanol–water partition coefficient (Wildman–Crippen LogP) is 3.62. The van der Waals surface area contributed by atoms with Gasteiger partial charge in [0, 0.05) is 42.4 Å². The van der Waals surface area contributed by atoms with Gasteiger partial charge < -0.3 is 20.2 Å². The smallest absolute Gasteiger partial charge is 0.254 e. The van der Waals surface area contributed by atoms with Gasteiger partial charge in [0.1, 0.15) is 18.4 Å². The van der Waals surface area contributed by atoms with Gasteiger partial charge in [-0.05, 0) is 41.3 Å². The maximum absolute atomic E-state index is 13.5. The highest BCUT2D eigenvalue weighted by Gasteiger charge is 2.39. The lowest BCUT2D eigenvalue weighted by Gasteiger charge is -2.45. The van der Waals surface area contributed by atoms with E-state index in [9.17, 15) is 9.59 Å². The minimum atomic E-state index is -0.515. The highest BCUT2D eigenvalue weighted by Crippen LogP contribution is 2.31. The van der Waals surface area contributed by atoms with E-state index in [1.807, 2.05) is 42.5 Å². The number of halogens is 1. The van der Waals surface area contributed by atoms with Crippen molar-refractivity contribution in [3.8, 4) is 0 Å². The maximum Gasteiger partial charge on any atom is 0.254 e. The lowest BCUT2D eigenvalue weighted by atomic mass is 10.00. The van der Waals surface area contributed by atoms with Gasteiger partial charge >= 0.3 is 0 Å². The first kappa shape index (κ1) is 23.6. The topological polar surface area (TPSA) is 102 Å². The van der Waals surface area contributed by atoms with E-state index in [0.29, 0.717) is 35.4 Å². The number of hydrogen-bond donors (Lipinski definition) is 1. The number of carbonyl (C=O) groups excluding carboxylic acids is 2. The van der Waals surface area contributed by atoms with Crippen molar-refractivity contribution in [2.75, 3.05) is 32.5 Å². The summed E-state index contributed by atoms with van der Waals surface area (Å²) in [6.07, 6.45) is 2.35. The molecule has 1 unspecified atom stereocenters. The SMILES string of the molecule is COC[C@@H]1C(C=O)N(Cc2ccc3c(N)ncnc3c2)CCN1C(=O)c1ccc2cc(Cl)sc2c1. The van der Waals surface area contributed by atoms with E-state index in [0.717, 1.165) is 32.8 Å². The molecular formula is C25H24ClN5O3S. The first-order chi connectivity index (χ1) is 17.0. The second-order valence-corrected chi connectivity index (χ2v) is 10.2. The summed E-state index contributed by atoms with van der Waals surface area (Å²) in [6, 6.07) is 12.4. The molecule has 2 N–H and O–H groups in total. The molecule has 1 aliphatic heterocycles. The van der Waals surface area contributed by atoms with Crippen molar-refractivity contribution in [3.05, 3.63) is 64.3 Å². The maximum atomic E-state index is 13.5. The molecule has 2 atom stereocenters. The minimum absolute atomic E-state index is 0.122. The van der Waals surface area contributed by atoms with Gasteiger partial charge in [-0.3, -0.25) is 9.69 Å². The number of benzene rings is 2. The number of fused-ring (bicyclic) bond motifs is 2. The van der Waals surface area contributed by atoms with Gasteiger partial charge in [0.2, 0.25) is 0 Å². The van der Waals surface area contributed by atoms with Crippen LogP contribution in [0.4, 0.5) is 5.82 Å². The molecule has 10 heteroatoms. The summed E-state index contributed by atoms with van der Waals surface area (Å²) in [6.45, 7) is 1.81. The monoisotopic (exact) mass is 509 g/mol. The molecule has 3 heterocycles. The molecule has 2 aromatic carbocycles. The molecule has 1 amide bonds. The zero-order valence-corrected chi connectivity index (χ0v) is 20.6. The van der Waals surface area contributed by atoms with E-state index in [2.05, 4.69) is 14.9 Å². The average Bonchev–Trinajstić information content (AvgIpc) is 3.23. The van der Waals surface area contributed by atoms with Crippen LogP contribution in [0.1, 0.15) is 15.9 Å². The third-order valence-electron chi connectivity index (χ3n) is 6.44. The first-order valence-electron chi connectivity index (χ1n) is 11.2. The highest BCUT2D eigenvalue weighted by atomic mass is 35.5. The summed E-state index contributed by atoms with van der Waals surface area (Å²) >= 11 is 7.58.